The van der Waals surface area contributed by atoms with Gasteiger partial charge in [0.1, 0.15) is 19.3 Å². The lowest BCUT2D eigenvalue weighted by molar-refractivity contribution is -0.161. The minimum atomic E-state index is -4.95. The predicted octanol–water partition coefficient (Wildman–Crippen LogP) is 20.8. The highest BCUT2D eigenvalue weighted by Crippen LogP contribution is 2.45. The summed E-state index contributed by atoms with van der Waals surface area (Å²) >= 11 is 0. The Labute approximate surface area is 556 Å². The van der Waals surface area contributed by atoms with E-state index < -0.39 is 97.5 Å². The van der Waals surface area contributed by atoms with E-state index in [1.54, 1.807) is 0 Å². The maximum atomic E-state index is 13.1. The zero-order chi connectivity index (χ0) is 67.2. The Morgan fingerprint density at radius 3 is 0.747 bits per heavy atom. The highest BCUT2D eigenvalue weighted by atomic mass is 31.2. The van der Waals surface area contributed by atoms with Crippen LogP contribution in [0.15, 0.2) is 0 Å². The van der Waals surface area contributed by atoms with Gasteiger partial charge in [-0.2, -0.15) is 0 Å². The van der Waals surface area contributed by atoms with E-state index in [2.05, 4.69) is 41.5 Å². The molecule has 0 aliphatic rings. The van der Waals surface area contributed by atoms with Crippen molar-refractivity contribution in [1.82, 2.24) is 0 Å². The Morgan fingerprint density at radius 1 is 0.297 bits per heavy atom. The molecule has 0 heterocycles. The smallest absolute Gasteiger partial charge is 0.462 e. The number of hydrogen-bond acceptors (Lipinski definition) is 15. The van der Waals surface area contributed by atoms with Crippen LogP contribution in [0.1, 0.15) is 369 Å². The first-order valence-electron chi connectivity index (χ1n) is 37.5. The van der Waals surface area contributed by atoms with E-state index in [1.165, 1.54) is 180 Å². The van der Waals surface area contributed by atoms with Crippen LogP contribution in [-0.2, 0) is 65.4 Å². The van der Waals surface area contributed by atoms with Crippen LogP contribution in [0.25, 0.3) is 0 Å². The molecule has 0 rings (SSSR count). The maximum Gasteiger partial charge on any atom is 0.472 e. The summed E-state index contributed by atoms with van der Waals surface area (Å²) < 4.78 is 68.1. The first-order chi connectivity index (χ1) is 43.9. The number of rotatable bonds is 71. The molecule has 0 fully saturated rings. The van der Waals surface area contributed by atoms with Crippen LogP contribution in [0.2, 0.25) is 0 Å². The second-order valence-corrected chi connectivity index (χ2v) is 29.8. The van der Waals surface area contributed by atoms with Crippen LogP contribution in [-0.4, -0.2) is 96.7 Å². The fourth-order valence-corrected chi connectivity index (χ4v) is 12.5. The Hall–Kier alpha value is -1.94. The van der Waals surface area contributed by atoms with Crippen molar-refractivity contribution >= 4 is 39.5 Å². The third-order valence-electron chi connectivity index (χ3n) is 16.7. The number of phosphoric acid groups is 2. The van der Waals surface area contributed by atoms with E-state index in [9.17, 15) is 43.2 Å². The van der Waals surface area contributed by atoms with Gasteiger partial charge in [0, 0.05) is 25.7 Å². The van der Waals surface area contributed by atoms with Gasteiger partial charge in [-0.1, -0.05) is 318 Å². The molecule has 0 spiro atoms. The van der Waals surface area contributed by atoms with Crippen LogP contribution in [0.5, 0.6) is 0 Å². The molecule has 0 saturated heterocycles. The average molecular weight is 1340 g/mol. The standard InChI is InChI=1S/C72H140O17P2/c1-7-9-11-13-14-15-16-17-18-19-20-21-22-23-26-30-33-38-44-50-56-71(76)89-68(61-83-70(75)55-49-43-37-32-29-27-24-25-28-31-35-41-46-52-64(3)4)63-87-91(80,81)85-59-66(73)58-84-90(78,79)86-62-67(60-82-69(74)54-48-40-12-10-8-2)88-72(77)57-51-45-39-34-36-42-47-53-65(5)6/h64-68,73H,7-63H2,1-6H3,(H,78,79)(H,80,81)/t66-,67+,68+/m0/s1. The lowest BCUT2D eigenvalue weighted by Crippen LogP contribution is -2.30. The molecule has 0 bridgehead atoms. The molecule has 91 heavy (non-hydrogen) atoms. The minimum Gasteiger partial charge on any atom is -0.462 e. The lowest BCUT2D eigenvalue weighted by Gasteiger charge is -2.21. The van der Waals surface area contributed by atoms with Gasteiger partial charge in [0.15, 0.2) is 12.2 Å². The van der Waals surface area contributed by atoms with Crippen molar-refractivity contribution in [2.45, 2.75) is 387 Å². The monoisotopic (exact) mass is 1340 g/mol. The first-order valence-corrected chi connectivity index (χ1v) is 40.5. The van der Waals surface area contributed by atoms with E-state index in [0.29, 0.717) is 31.6 Å². The first kappa shape index (κ1) is 89.1. The summed E-state index contributed by atoms with van der Waals surface area (Å²) in [6.45, 7) is 9.42. The molecular weight excluding hydrogens is 1200 g/mol. The van der Waals surface area contributed by atoms with Crippen molar-refractivity contribution in [3.8, 4) is 0 Å². The van der Waals surface area contributed by atoms with Crippen LogP contribution >= 0.6 is 15.6 Å². The molecular formula is C72H140O17P2. The number of carbonyl (C=O) groups excluding carboxylic acids is 4. The number of aliphatic hydroxyl groups is 1. The summed E-state index contributed by atoms with van der Waals surface area (Å²) in [6, 6.07) is 0. The molecule has 0 amide bonds. The third-order valence-corrected chi connectivity index (χ3v) is 18.6. The second kappa shape index (κ2) is 64.1. The Bertz CT molecular complexity index is 1770. The van der Waals surface area contributed by atoms with Crippen molar-refractivity contribution in [2.24, 2.45) is 11.8 Å². The molecule has 0 aliphatic carbocycles. The summed E-state index contributed by atoms with van der Waals surface area (Å²) in [5.41, 5.74) is 0. The van der Waals surface area contributed by atoms with E-state index in [-0.39, 0.29) is 25.7 Å². The summed E-state index contributed by atoms with van der Waals surface area (Å²) in [6.07, 6.45) is 50.6. The van der Waals surface area contributed by atoms with Crippen LogP contribution < -0.4 is 0 Å². The topological polar surface area (TPSA) is 237 Å². The number of phosphoric ester groups is 2. The summed E-state index contributed by atoms with van der Waals surface area (Å²) in [7, 11) is -9.89. The van der Waals surface area contributed by atoms with Gasteiger partial charge in [0.2, 0.25) is 0 Å². The zero-order valence-corrected chi connectivity index (χ0v) is 60.9. The van der Waals surface area contributed by atoms with Gasteiger partial charge in [-0.15, -0.1) is 0 Å². The van der Waals surface area contributed by atoms with Gasteiger partial charge < -0.3 is 33.8 Å². The van der Waals surface area contributed by atoms with Crippen molar-refractivity contribution in [3.63, 3.8) is 0 Å². The number of esters is 4. The molecule has 3 N–H and O–H groups in total. The van der Waals surface area contributed by atoms with Gasteiger partial charge in [0.25, 0.3) is 0 Å². The zero-order valence-electron chi connectivity index (χ0n) is 59.1. The average Bonchev–Trinajstić information content (AvgIpc) is 3.64. The molecule has 0 aliphatic heterocycles. The summed E-state index contributed by atoms with van der Waals surface area (Å²) in [5.74, 6) is -0.648. The van der Waals surface area contributed by atoms with E-state index in [1.807, 2.05) is 0 Å². The van der Waals surface area contributed by atoms with Gasteiger partial charge in [-0.3, -0.25) is 37.3 Å². The van der Waals surface area contributed by atoms with Gasteiger partial charge in [0.05, 0.1) is 26.4 Å². The van der Waals surface area contributed by atoms with E-state index >= 15 is 0 Å². The number of carbonyl (C=O) groups is 4. The highest BCUT2D eigenvalue weighted by molar-refractivity contribution is 7.47. The molecule has 2 unspecified atom stereocenters. The Balaban J connectivity index is 5.13. The SMILES string of the molecule is CCCCCCCCCCCCCCCCCCCCCCC(=O)O[C@H](COC(=O)CCCCCCCCCCCCCCCC(C)C)COP(=O)(O)OC[C@@H](O)COP(=O)(O)OC[C@@H](COC(=O)CCCCCCC)OC(=O)CCCCCCCCCC(C)C. The van der Waals surface area contributed by atoms with Crippen molar-refractivity contribution in [2.75, 3.05) is 39.6 Å². The maximum absolute atomic E-state index is 13.1. The molecule has 0 aromatic heterocycles. The summed E-state index contributed by atoms with van der Waals surface area (Å²) in [5, 5.41) is 10.6. The predicted molar refractivity (Wildman–Crippen MR) is 368 cm³/mol. The largest absolute Gasteiger partial charge is 0.472 e. The molecule has 0 aromatic rings. The molecule has 19 heteroatoms. The minimum absolute atomic E-state index is 0.103. The second-order valence-electron chi connectivity index (χ2n) is 26.9. The van der Waals surface area contributed by atoms with Crippen LogP contribution in [0.4, 0.5) is 0 Å². The van der Waals surface area contributed by atoms with Crippen molar-refractivity contribution in [3.05, 3.63) is 0 Å². The normalized spacial score (nSPS) is 14.1. The van der Waals surface area contributed by atoms with Gasteiger partial charge in [-0.05, 0) is 37.5 Å². The van der Waals surface area contributed by atoms with Crippen molar-refractivity contribution < 1.29 is 80.2 Å². The number of aliphatic hydroxyl groups excluding tert-OH is 1. The summed E-state index contributed by atoms with van der Waals surface area (Å²) in [4.78, 5) is 72.3. The molecule has 0 saturated carbocycles. The molecule has 540 valence electrons. The Kier molecular flexibility index (Phi) is 62.7. The lowest BCUT2D eigenvalue weighted by atomic mass is 10.0. The van der Waals surface area contributed by atoms with Gasteiger partial charge in [-0.25, -0.2) is 9.13 Å². The van der Waals surface area contributed by atoms with Crippen molar-refractivity contribution in [1.29, 1.82) is 0 Å². The van der Waals surface area contributed by atoms with E-state index in [4.69, 9.17) is 37.0 Å². The van der Waals surface area contributed by atoms with Crippen LogP contribution in [0.3, 0.4) is 0 Å². The fourth-order valence-electron chi connectivity index (χ4n) is 10.9. The third kappa shape index (κ3) is 66.5. The highest BCUT2D eigenvalue weighted by Gasteiger charge is 2.30. The number of ether oxygens (including phenoxy) is 4. The molecule has 0 aromatic carbocycles. The number of unbranched alkanes of at least 4 members (excludes halogenated alkanes) is 41. The number of hydrogen-bond donors (Lipinski definition) is 3. The van der Waals surface area contributed by atoms with Gasteiger partial charge >= 0.3 is 39.5 Å². The fraction of sp³-hybridized carbons (Fsp3) is 0.944. The van der Waals surface area contributed by atoms with E-state index in [0.717, 1.165) is 102 Å². The van der Waals surface area contributed by atoms with Crippen LogP contribution in [0, 0.1) is 11.8 Å². The molecule has 5 atom stereocenters. The Morgan fingerprint density at radius 2 is 0.505 bits per heavy atom. The molecule has 0 radical (unpaired) electrons. The molecule has 17 nitrogen and oxygen atoms in total. The quantitative estimate of drug-likeness (QED) is 0.0222.